The first-order valence-corrected chi connectivity index (χ1v) is 5.77. The van der Waals surface area contributed by atoms with E-state index in [1.54, 1.807) is 11.8 Å². The first kappa shape index (κ1) is 10.6. The molecule has 3 nitrogen and oxygen atoms in total. The van der Waals surface area contributed by atoms with Crippen molar-refractivity contribution in [3.63, 3.8) is 0 Å². The Bertz CT molecular complexity index is 366. The normalized spacial score (nSPS) is 21.3. The highest BCUT2D eigenvalue weighted by Crippen LogP contribution is 2.17. The van der Waals surface area contributed by atoms with E-state index in [4.69, 9.17) is 4.74 Å². The lowest BCUT2D eigenvalue weighted by molar-refractivity contribution is 0.0515. The highest BCUT2D eigenvalue weighted by Gasteiger charge is 2.25. The van der Waals surface area contributed by atoms with Crippen molar-refractivity contribution >= 4 is 17.5 Å². The molecule has 1 aromatic heterocycles. The van der Waals surface area contributed by atoms with E-state index >= 15 is 0 Å². The Morgan fingerprint density at radius 2 is 2.53 bits per heavy atom. The second-order valence-electron chi connectivity index (χ2n) is 3.15. The topological polar surface area (TPSA) is 39.2 Å². The number of carbonyl (C=O) groups is 1. The average Bonchev–Trinajstić information content (AvgIpc) is 2.30. The van der Waals surface area contributed by atoms with Crippen molar-refractivity contribution in [2.75, 3.05) is 18.1 Å². The molecule has 0 spiro atoms. The maximum atomic E-state index is 13.2. The maximum absolute atomic E-state index is 13.2. The minimum Gasteiger partial charge on any atom is -0.368 e. The van der Waals surface area contributed by atoms with Crippen LogP contribution in [0.5, 0.6) is 0 Å². The third kappa shape index (κ3) is 2.35. The number of rotatable bonds is 2. The fourth-order valence-corrected chi connectivity index (χ4v) is 2.23. The van der Waals surface area contributed by atoms with Crippen LogP contribution in [0.2, 0.25) is 0 Å². The van der Waals surface area contributed by atoms with Gasteiger partial charge in [-0.1, -0.05) is 0 Å². The minimum absolute atomic E-state index is 0.0671. The summed E-state index contributed by atoms with van der Waals surface area (Å²) >= 11 is 1.65. The first-order chi connectivity index (χ1) is 7.29. The van der Waals surface area contributed by atoms with Gasteiger partial charge in [-0.25, -0.2) is 4.39 Å². The summed E-state index contributed by atoms with van der Waals surface area (Å²) in [5.74, 6) is 0.618. The van der Waals surface area contributed by atoms with Crippen LogP contribution in [0.15, 0.2) is 18.5 Å². The number of ketones is 1. The van der Waals surface area contributed by atoms with Crippen LogP contribution in [-0.2, 0) is 4.74 Å². The molecule has 1 unspecified atom stereocenters. The molecule has 0 radical (unpaired) electrons. The molecule has 0 saturated carbocycles. The van der Waals surface area contributed by atoms with Gasteiger partial charge in [0.2, 0.25) is 0 Å². The molecule has 2 rings (SSSR count). The molecule has 0 amide bonds. The van der Waals surface area contributed by atoms with Crippen LogP contribution in [0.1, 0.15) is 10.4 Å². The average molecular weight is 227 g/mol. The zero-order valence-corrected chi connectivity index (χ0v) is 8.80. The molecule has 1 aromatic rings. The standard InChI is InChI=1S/C10H10FNO2S/c11-8-5-12-2-1-7(8)10(13)9-6-15-4-3-14-9/h1-2,5,9H,3-4,6H2. The van der Waals surface area contributed by atoms with E-state index in [0.29, 0.717) is 12.4 Å². The van der Waals surface area contributed by atoms with Crippen molar-refractivity contribution in [3.05, 3.63) is 29.8 Å². The van der Waals surface area contributed by atoms with Gasteiger partial charge in [0.05, 0.1) is 18.4 Å². The van der Waals surface area contributed by atoms with Gasteiger partial charge < -0.3 is 4.74 Å². The number of ether oxygens (including phenoxy) is 1. The van der Waals surface area contributed by atoms with Crippen LogP contribution in [0.3, 0.4) is 0 Å². The Balaban J connectivity index is 2.16. The van der Waals surface area contributed by atoms with Crippen LogP contribution < -0.4 is 0 Å². The van der Waals surface area contributed by atoms with Crippen molar-refractivity contribution in [1.82, 2.24) is 4.98 Å². The molecule has 1 atom stereocenters. The lowest BCUT2D eigenvalue weighted by Crippen LogP contribution is -2.32. The lowest BCUT2D eigenvalue weighted by Gasteiger charge is -2.20. The summed E-state index contributed by atoms with van der Waals surface area (Å²) in [5, 5.41) is 0. The quantitative estimate of drug-likeness (QED) is 0.718. The van der Waals surface area contributed by atoms with Crippen molar-refractivity contribution in [2.24, 2.45) is 0 Å². The van der Waals surface area contributed by atoms with Gasteiger partial charge in [0.15, 0.2) is 11.6 Å². The van der Waals surface area contributed by atoms with Crippen LogP contribution in [-0.4, -0.2) is 35.0 Å². The molecule has 0 bridgehead atoms. The molecular weight excluding hydrogens is 217 g/mol. The second kappa shape index (κ2) is 4.72. The number of nitrogens with zero attached hydrogens (tertiary/aromatic N) is 1. The Labute approximate surface area is 91.0 Å². The highest BCUT2D eigenvalue weighted by molar-refractivity contribution is 7.99. The third-order valence-electron chi connectivity index (χ3n) is 2.15. The molecule has 15 heavy (non-hydrogen) atoms. The van der Waals surface area contributed by atoms with Crippen LogP contribution in [0.4, 0.5) is 4.39 Å². The van der Waals surface area contributed by atoms with E-state index in [1.807, 2.05) is 0 Å². The molecule has 1 fully saturated rings. The zero-order valence-electron chi connectivity index (χ0n) is 7.98. The molecule has 1 aliphatic heterocycles. The number of carbonyl (C=O) groups excluding carboxylic acids is 1. The summed E-state index contributed by atoms with van der Waals surface area (Å²) in [4.78, 5) is 15.4. The number of halogens is 1. The first-order valence-electron chi connectivity index (χ1n) is 4.62. The van der Waals surface area contributed by atoms with Crippen LogP contribution >= 0.6 is 11.8 Å². The smallest absolute Gasteiger partial charge is 0.195 e. The SMILES string of the molecule is O=C(c1ccncc1F)C1CSCCO1. The molecular formula is C10H10FNO2S. The predicted molar refractivity (Wildman–Crippen MR) is 55.6 cm³/mol. The second-order valence-corrected chi connectivity index (χ2v) is 4.30. The number of Topliss-reactive ketones (excluding diaryl/α,β-unsaturated/α-hetero) is 1. The maximum Gasteiger partial charge on any atom is 0.195 e. The van der Waals surface area contributed by atoms with Crippen molar-refractivity contribution in [2.45, 2.75) is 6.10 Å². The van der Waals surface area contributed by atoms with E-state index in [1.165, 1.54) is 12.3 Å². The molecule has 1 saturated heterocycles. The fraction of sp³-hybridized carbons (Fsp3) is 0.400. The van der Waals surface area contributed by atoms with E-state index < -0.39 is 11.9 Å². The van der Waals surface area contributed by atoms with Crippen molar-refractivity contribution in [1.29, 1.82) is 0 Å². The molecule has 0 aromatic carbocycles. The van der Waals surface area contributed by atoms with E-state index in [-0.39, 0.29) is 11.3 Å². The highest BCUT2D eigenvalue weighted by atomic mass is 32.2. The monoisotopic (exact) mass is 227 g/mol. The number of aromatic nitrogens is 1. The molecule has 0 aliphatic carbocycles. The molecule has 2 heterocycles. The van der Waals surface area contributed by atoms with E-state index in [9.17, 15) is 9.18 Å². The van der Waals surface area contributed by atoms with E-state index in [2.05, 4.69) is 4.98 Å². The summed E-state index contributed by atoms with van der Waals surface area (Å²) in [6.07, 6.45) is 1.94. The van der Waals surface area contributed by atoms with Gasteiger partial charge in [-0.15, -0.1) is 0 Å². The number of thioether (sulfide) groups is 1. The van der Waals surface area contributed by atoms with Crippen molar-refractivity contribution in [3.8, 4) is 0 Å². The van der Waals surface area contributed by atoms with Gasteiger partial charge >= 0.3 is 0 Å². The Kier molecular flexibility index (Phi) is 3.33. The van der Waals surface area contributed by atoms with Gasteiger partial charge in [0, 0.05) is 17.7 Å². The van der Waals surface area contributed by atoms with E-state index in [0.717, 1.165) is 11.9 Å². The van der Waals surface area contributed by atoms with Gasteiger partial charge in [-0.05, 0) is 6.07 Å². The Morgan fingerprint density at radius 3 is 3.20 bits per heavy atom. The fourth-order valence-electron chi connectivity index (χ4n) is 1.39. The number of hydrogen-bond acceptors (Lipinski definition) is 4. The van der Waals surface area contributed by atoms with Crippen LogP contribution in [0, 0.1) is 5.82 Å². The zero-order chi connectivity index (χ0) is 10.7. The van der Waals surface area contributed by atoms with Gasteiger partial charge in [-0.3, -0.25) is 9.78 Å². The Hall–Kier alpha value is -0.940. The largest absolute Gasteiger partial charge is 0.368 e. The van der Waals surface area contributed by atoms with Gasteiger partial charge in [0.25, 0.3) is 0 Å². The predicted octanol–water partition coefficient (Wildman–Crippen LogP) is 1.54. The lowest BCUT2D eigenvalue weighted by atomic mass is 10.1. The van der Waals surface area contributed by atoms with Crippen LogP contribution in [0.25, 0.3) is 0 Å². The minimum atomic E-state index is -0.582. The number of pyridine rings is 1. The number of hydrogen-bond donors (Lipinski definition) is 0. The summed E-state index contributed by atoms with van der Waals surface area (Å²) in [6.45, 7) is 0.549. The summed E-state index contributed by atoms with van der Waals surface area (Å²) < 4.78 is 18.5. The Morgan fingerprint density at radius 1 is 1.67 bits per heavy atom. The molecule has 1 aliphatic rings. The molecule has 80 valence electrons. The summed E-state index contributed by atoms with van der Waals surface area (Å²) in [5.41, 5.74) is 0.0671. The van der Waals surface area contributed by atoms with Gasteiger partial charge in [0.1, 0.15) is 6.10 Å². The third-order valence-corrected chi connectivity index (χ3v) is 3.14. The molecule has 0 N–H and O–H groups in total. The van der Waals surface area contributed by atoms with Crippen molar-refractivity contribution < 1.29 is 13.9 Å². The summed E-state index contributed by atoms with van der Waals surface area (Å²) in [6, 6.07) is 1.39. The van der Waals surface area contributed by atoms with Gasteiger partial charge in [-0.2, -0.15) is 11.8 Å². The molecule has 5 heteroatoms. The summed E-state index contributed by atoms with van der Waals surface area (Å²) in [7, 11) is 0.